The van der Waals surface area contributed by atoms with Crippen LogP contribution in [0.5, 0.6) is 5.75 Å². The van der Waals surface area contributed by atoms with Gasteiger partial charge in [-0.25, -0.2) is 9.78 Å². The number of esters is 1. The van der Waals surface area contributed by atoms with Crippen LogP contribution >= 0.6 is 0 Å². The molecule has 7 heteroatoms. The Morgan fingerprint density at radius 1 is 1.19 bits per heavy atom. The lowest BCUT2D eigenvalue weighted by molar-refractivity contribution is 0.0244. The van der Waals surface area contributed by atoms with Gasteiger partial charge >= 0.3 is 5.97 Å². The number of aryl methyl sites for hydroxylation is 1. The minimum absolute atomic E-state index is 0.0504. The van der Waals surface area contributed by atoms with E-state index < -0.39 is 12.1 Å². The van der Waals surface area contributed by atoms with Gasteiger partial charge in [0.25, 0.3) is 0 Å². The second kappa shape index (κ2) is 11.9. The highest BCUT2D eigenvalue weighted by molar-refractivity contribution is 5.90. The zero-order valence-electron chi connectivity index (χ0n) is 21.7. The first-order valence-electron chi connectivity index (χ1n) is 12.3. The molecule has 3 aromatic rings. The van der Waals surface area contributed by atoms with E-state index in [4.69, 9.17) is 14.5 Å². The fraction of sp³-hybridized carbons (Fsp3) is 0.414. The standard InChI is InChI=1S/C29H35N3O4/c1-6-15-35-26-12-11-22(17-23(26)18-30)27(34)36-24(13-14-33)16-20-7-9-21(10-8-20)25-19-32(5)28(31-25)29(2,3)4/h7-12,17,19,24,33H,6,13-16H2,1-5H3/t24-/m1/s1. The van der Waals surface area contributed by atoms with Gasteiger partial charge in [-0.1, -0.05) is 52.0 Å². The minimum atomic E-state index is -0.535. The zero-order valence-corrected chi connectivity index (χ0v) is 21.7. The van der Waals surface area contributed by atoms with Gasteiger partial charge in [-0.15, -0.1) is 0 Å². The fourth-order valence-corrected chi connectivity index (χ4v) is 4.03. The first-order chi connectivity index (χ1) is 17.2. The highest BCUT2D eigenvalue weighted by atomic mass is 16.5. The maximum Gasteiger partial charge on any atom is 0.338 e. The second-order valence-corrected chi connectivity index (χ2v) is 9.92. The second-order valence-electron chi connectivity index (χ2n) is 9.92. The third-order valence-electron chi connectivity index (χ3n) is 5.78. The number of aliphatic hydroxyl groups excluding tert-OH is 1. The summed E-state index contributed by atoms with van der Waals surface area (Å²) < 4.78 is 13.3. The Kier molecular flexibility index (Phi) is 8.89. The van der Waals surface area contributed by atoms with Crippen molar-refractivity contribution in [2.24, 2.45) is 7.05 Å². The summed E-state index contributed by atoms with van der Waals surface area (Å²) in [5.74, 6) is 0.929. The average Bonchev–Trinajstić information content (AvgIpc) is 3.25. The smallest absolute Gasteiger partial charge is 0.338 e. The van der Waals surface area contributed by atoms with Crippen molar-refractivity contribution in [2.75, 3.05) is 13.2 Å². The van der Waals surface area contributed by atoms with Crippen molar-refractivity contribution in [1.29, 1.82) is 5.26 Å². The number of ether oxygens (including phenoxy) is 2. The predicted octanol–water partition coefficient (Wildman–Crippen LogP) is 5.20. The molecule has 0 radical (unpaired) electrons. The number of aromatic nitrogens is 2. The normalized spacial score (nSPS) is 12.1. The van der Waals surface area contributed by atoms with Gasteiger partial charge in [0.05, 0.1) is 23.4 Å². The van der Waals surface area contributed by atoms with Crippen LogP contribution in [0.3, 0.4) is 0 Å². The van der Waals surface area contributed by atoms with Crippen LogP contribution in [0.1, 0.15) is 67.8 Å². The van der Waals surface area contributed by atoms with Crippen LogP contribution in [0, 0.1) is 11.3 Å². The molecular formula is C29H35N3O4. The Balaban J connectivity index is 1.71. The van der Waals surface area contributed by atoms with Gasteiger partial charge in [0.2, 0.25) is 0 Å². The third kappa shape index (κ3) is 6.73. The van der Waals surface area contributed by atoms with Gasteiger partial charge < -0.3 is 19.1 Å². The molecule has 0 unspecified atom stereocenters. The van der Waals surface area contributed by atoms with Gasteiger partial charge in [-0.2, -0.15) is 5.26 Å². The molecule has 1 aromatic heterocycles. The molecule has 0 aliphatic heterocycles. The molecule has 7 nitrogen and oxygen atoms in total. The van der Waals surface area contributed by atoms with Crippen LogP contribution in [0.2, 0.25) is 0 Å². The largest absolute Gasteiger partial charge is 0.492 e. The maximum atomic E-state index is 12.8. The lowest BCUT2D eigenvalue weighted by Crippen LogP contribution is -2.22. The fourth-order valence-electron chi connectivity index (χ4n) is 4.03. The summed E-state index contributed by atoms with van der Waals surface area (Å²) in [6.45, 7) is 8.79. The summed E-state index contributed by atoms with van der Waals surface area (Å²) in [6.07, 6.45) is 3.12. The number of hydrogen-bond donors (Lipinski definition) is 1. The number of benzene rings is 2. The van der Waals surface area contributed by atoms with Crippen molar-refractivity contribution in [3.8, 4) is 23.1 Å². The number of carbonyl (C=O) groups excluding carboxylic acids is 1. The number of carbonyl (C=O) groups is 1. The lowest BCUT2D eigenvalue weighted by atomic mass is 9.96. The summed E-state index contributed by atoms with van der Waals surface area (Å²) >= 11 is 0. The zero-order chi connectivity index (χ0) is 26.3. The molecule has 0 aliphatic rings. The first-order valence-corrected chi connectivity index (χ1v) is 12.3. The highest BCUT2D eigenvalue weighted by Gasteiger charge is 2.21. The van der Waals surface area contributed by atoms with Crippen molar-refractivity contribution in [1.82, 2.24) is 9.55 Å². The van der Waals surface area contributed by atoms with Crippen LogP contribution in [0.15, 0.2) is 48.7 Å². The molecule has 1 heterocycles. The van der Waals surface area contributed by atoms with Gasteiger partial charge in [0.15, 0.2) is 0 Å². The van der Waals surface area contributed by atoms with Gasteiger partial charge in [0.1, 0.15) is 23.7 Å². The SMILES string of the molecule is CCCOc1ccc(C(=O)O[C@H](CCO)Cc2ccc(-c3cn(C)c(C(C)(C)C)n3)cc2)cc1C#N. The Labute approximate surface area is 213 Å². The lowest BCUT2D eigenvalue weighted by Gasteiger charge is -2.18. The molecule has 1 N–H and O–H groups in total. The van der Waals surface area contributed by atoms with Crippen LogP contribution in [-0.4, -0.2) is 39.9 Å². The molecule has 0 saturated heterocycles. The highest BCUT2D eigenvalue weighted by Crippen LogP contribution is 2.26. The van der Waals surface area contributed by atoms with E-state index in [0.717, 1.165) is 29.1 Å². The van der Waals surface area contributed by atoms with E-state index in [0.29, 0.717) is 25.2 Å². The molecule has 0 bridgehead atoms. The van der Waals surface area contributed by atoms with E-state index in [1.54, 1.807) is 12.1 Å². The van der Waals surface area contributed by atoms with E-state index in [1.165, 1.54) is 6.07 Å². The van der Waals surface area contributed by atoms with Crippen LogP contribution in [0.4, 0.5) is 0 Å². The summed E-state index contributed by atoms with van der Waals surface area (Å²) in [6, 6.07) is 14.8. The van der Waals surface area contributed by atoms with Crippen molar-refractivity contribution >= 4 is 5.97 Å². The van der Waals surface area contributed by atoms with Crippen molar-refractivity contribution < 1.29 is 19.4 Å². The summed E-state index contributed by atoms with van der Waals surface area (Å²) in [5.41, 5.74) is 3.42. The van der Waals surface area contributed by atoms with E-state index >= 15 is 0 Å². The molecule has 2 aromatic carbocycles. The Morgan fingerprint density at radius 2 is 1.92 bits per heavy atom. The quantitative estimate of drug-likeness (QED) is 0.393. The van der Waals surface area contributed by atoms with Crippen molar-refractivity contribution in [3.05, 3.63) is 71.2 Å². The number of nitriles is 1. The number of aliphatic hydroxyl groups is 1. The first kappa shape index (κ1) is 27.0. The Morgan fingerprint density at radius 3 is 2.50 bits per heavy atom. The molecule has 36 heavy (non-hydrogen) atoms. The molecule has 1 atom stereocenters. The van der Waals surface area contributed by atoms with Crippen LogP contribution in [-0.2, 0) is 23.6 Å². The summed E-state index contributed by atoms with van der Waals surface area (Å²) in [7, 11) is 2.00. The number of hydrogen-bond acceptors (Lipinski definition) is 6. The number of nitrogens with zero attached hydrogens (tertiary/aromatic N) is 3. The summed E-state index contributed by atoms with van der Waals surface area (Å²) in [4.78, 5) is 17.6. The monoisotopic (exact) mass is 489 g/mol. The van der Waals surface area contributed by atoms with E-state index in [2.05, 4.69) is 31.4 Å². The third-order valence-corrected chi connectivity index (χ3v) is 5.78. The summed E-state index contributed by atoms with van der Waals surface area (Å²) in [5, 5.41) is 18.9. The van der Waals surface area contributed by atoms with Crippen LogP contribution in [0.25, 0.3) is 11.3 Å². The molecule has 0 saturated carbocycles. The van der Waals surface area contributed by atoms with Gasteiger partial charge in [-0.3, -0.25) is 0 Å². The van der Waals surface area contributed by atoms with Crippen molar-refractivity contribution in [3.63, 3.8) is 0 Å². The molecule has 0 spiro atoms. The predicted molar refractivity (Wildman–Crippen MR) is 139 cm³/mol. The number of imidazole rings is 1. The molecule has 0 amide bonds. The Hall–Kier alpha value is -3.63. The minimum Gasteiger partial charge on any atom is -0.492 e. The molecule has 190 valence electrons. The van der Waals surface area contributed by atoms with E-state index in [-0.39, 0.29) is 23.1 Å². The molecular weight excluding hydrogens is 454 g/mol. The molecule has 0 fully saturated rings. The van der Waals surface area contributed by atoms with Gasteiger partial charge in [-0.05, 0) is 30.2 Å². The van der Waals surface area contributed by atoms with Crippen LogP contribution < -0.4 is 4.74 Å². The number of rotatable bonds is 10. The van der Waals surface area contributed by atoms with Crippen molar-refractivity contribution in [2.45, 2.75) is 58.5 Å². The Bertz CT molecular complexity index is 1220. The maximum absolute atomic E-state index is 12.8. The van der Waals surface area contributed by atoms with Gasteiger partial charge in [0, 0.05) is 43.7 Å². The molecule has 3 rings (SSSR count). The topological polar surface area (TPSA) is 97.4 Å². The molecule has 0 aliphatic carbocycles. The average molecular weight is 490 g/mol. The van der Waals surface area contributed by atoms with E-state index in [9.17, 15) is 15.2 Å². The van der Waals surface area contributed by atoms with E-state index in [1.807, 2.05) is 44.4 Å².